The van der Waals surface area contributed by atoms with Crippen LogP contribution in [0.3, 0.4) is 0 Å². The van der Waals surface area contributed by atoms with Crippen molar-refractivity contribution in [2.45, 2.75) is 25.8 Å². The van der Waals surface area contributed by atoms with Crippen LogP contribution in [0.25, 0.3) is 11.5 Å². The Kier molecular flexibility index (Phi) is 4.88. The summed E-state index contributed by atoms with van der Waals surface area (Å²) in [7, 11) is -3.64. The molecular weight excluding hydrogens is 342 g/mol. The first kappa shape index (κ1) is 16.9. The van der Waals surface area contributed by atoms with E-state index in [0.717, 1.165) is 31.4 Å². The third-order valence-electron chi connectivity index (χ3n) is 3.71. The number of nitrogens with zero attached hydrogens (tertiary/aromatic N) is 3. The van der Waals surface area contributed by atoms with Crippen molar-refractivity contribution in [2.24, 2.45) is 0 Å². The summed E-state index contributed by atoms with van der Waals surface area (Å²) in [5.74, 6) is -2.01. The predicted molar refractivity (Wildman–Crippen MR) is 80.8 cm³/mol. The molecule has 1 aliphatic heterocycles. The molecule has 1 N–H and O–H groups in total. The van der Waals surface area contributed by atoms with E-state index in [9.17, 15) is 17.2 Å². The summed E-state index contributed by atoms with van der Waals surface area (Å²) in [6, 6.07) is 3.36. The van der Waals surface area contributed by atoms with E-state index >= 15 is 0 Å². The van der Waals surface area contributed by atoms with E-state index in [1.807, 2.05) is 0 Å². The molecule has 0 unspecified atom stereocenters. The molecule has 10 heteroatoms. The van der Waals surface area contributed by atoms with Gasteiger partial charge in [-0.3, -0.25) is 0 Å². The molecule has 0 amide bonds. The van der Waals surface area contributed by atoms with Gasteiger partial charge in [0.25, 0.3) is 16.1 Å². The number of benzene rings is 1. The lowest BCUT2D eigenvalue weighted by atomic mass is 10.2. The first-order valence-corrected chi connectivity index (χ1v) is 8.93. The average Bonchev–Trinajstić information content (AvgIpc) is 3.02. The molecule has 0 spiro atoms. The van der Waals surface area contributed by atoms with Crippen molar-refractivity contribution in [2.75, 3.05) is 13.1 Å². The molecule has 1 aromatic carbocycles. The maximum Gasteiger partial charge on any atom is 0.279 e. The van der Waals surface area contributed by atoms with Crippen LogP contribution in [0.2, 0.25) is 0 Å². The van der Waals surface area contributed by atoms with Gasteiger partial charge in [0.05, 0.1) is 6.54 Å². The normalized spacial score (nSPS) is 16.4. The highest BCUT2D eigenvalue weighted by molar-refractivity contribution is 7.87. The van der Waals surface area contributed by atoms with Gasteiger partial charge < -0.3 is 4.52 Å². The molecule has 0 bridgehead atoms. The molecule has 24 heavy (non-hydrogen) atoms. The third kappa shape index (κ3) is 3.60. The molecule has 2 heterocycles. The number of hydrogen-bond donors (Lipinski definition) is 1. The highest BCUT2D eigenvalue weighted by Gasteiger charge is 2.24. The van der Waals surface area contributed by atoms with Gasteiger partial charge in [-0.15, -0.1) is 0 Å². The van der Waals surface area contributed by atoms with E-state index in [-0.39, 0.29) is 18.3 Å². The van der Waals surface area contributed by atoms with Crippen molar-refractivity contribution in [3.8, 4) is 11.5 Å². The Bertz CT molecular complexity index is 799. The SMILES string of the molecule is O=S(=O)(NCc1noc(-c2c(F)cccc2F)n1)N1CCCCC1. The number of rotatable bonds is 5. The molecule has 0 radical (unpaired) electrons. The van der Waals surface area contributed by atoms with E-state index < -0.39 is 27.4 Å². The molecule has 1 aromatic heterocycles. The zero-order chi connectivity index (χ0) is 17.2. The lowest BCUT2D eigenvalue weighted by Gasteiger charge is -2.25. The van der Waals surface area contributed by atoms with Crippen molar-refractivity contribution in [3.63, 3.8) is 0 Å². The highest BCUT2D eigenvalue weighted by Crippen LogP contribution is 2.24. The zero-order valence-electron chi connectivity index (χ0n) is 12.7. The maximum absolute atomic E-state index is 13.7. The summed E-state index contributed by atoms with van der Waals surface area (Å²) in [5.41, 5.74) is -0.435. The molecule has 7 nitrogen and oxygen atoms in total. The van der Waals surface area contributed by atoms with Crippen LogP contribution in [0.15, 0.2) is 22.7 Å². The maximum atomic E-state index is 13.7. The van der Waals surface area contributed by atoms with Gasteiger partial charge in [-0.2, -0.15) is 22.4 Å². The van der Waals surface area contributed by atoms with Crippen molar-refractivity contribution >= 4 is 10.2 Å². The molecule has 0 saturated carbocycles. The number of nitrogens with one attached hydrogen (secondary N) is 1. The summed E-state index contributed by atoms with van der Waals surface area (Å²) < 4.78 is 60.2. The predicted octanol–water partition coefficient (Wildman–Crippen LogP) is 1.84. The number of piperidine rings is 1. The molecule has 130 valence electrons. The molecule has 0 atom stereocenters. The van der Waals surface area contributed by atoms with Crippen molar-refractivity contribution < 1.29 is 21.7 Å². The fourth-order valence-electron chi connectivity index (χ4n) is 2.48. The number of aromatic nitrogens is 2. The second-order valence-electron chi connectivity index (χ2n) is 5.40. The van der Waals surface area contributed by atoms with E-state index in [1.165, 1.54) is 10.4 Å². The van der Waals surface area contributed by atoms with E-state index in [2.05, 4.69) is 14.9 Å². The van der Waals surface area contributed by atoms with E-state index in [4.69, 9.17) is 4.52 Å². The minimum atomic E-state index is -3.64. The summed E-state index contributed by atoms with van der Waals surface area (Å²) in [6.45, 7) is 0.707. The largest absolute Gasteiger partial charge is 0.334 e. The quantitative estimate of drug-likeness (QED) is 0.881. The van der Waals surface area contributed by atoms with Crippen molar-refractivity contribution in [1.29, 1.82) is 0 Å². The Balaban J connectivity index is 1.70. The van der Waals surface area contributed by atoms with Crippen LogP contribution in [0.4, 0.5) is 8.78 Å². The average molecular weight is 358 g/mol. The molecular formula is C14H16F2N4O3S. The van der Waals surface area contributed by atoms with Crippen molar-refractivity contribution in [3.05, 3.63) is 35.7 Å². The van der Waals surface area contributed by atoms with Gasteiger partial charge in [0.2, 0.25) is 0 Å². The summed E-state index contributed by atoms with van der Waals surface area (Å²) in [6.07, 6.45) is 2.65. The Morgan fingerprint density at radius 3 is 2.50 bits per heavy atom. The van der Waals surface area contributed by atoms with Crippen LogP contribution in [0.1, 0.15) is 25.1 Å². The van der Waals surface area contributed by atoms with E-state index in [1.54, 1.807) is 0 Å². The van der Waals surface area contributed by atoms with Crippen LogP contribution in [0, 0.1) is 11.6 Å². The first-order chi connectivity index (χ1) is 11.5. The first-order valence-electron chi connectivity index (χ1n) is 7.49. The second kappa shape index (κ2) is 6.91. The monoisotopic (exact) mass is 358 g/mol. The third-order valence-corrected chi connectivity index (χ3v) is 5.27. The standard InChI is InChI=1S/C14H16F2N4O3S/c15-10-5-4-6-11(16)13(10)14-18-12(19-23-14)9-17-24(21,22)20-7-2-1-3-8-20/h4-6,17H,1-3,7-9H2. The second-order valence-corrected chi connectivity index (χ2v) is 7.15. The molecule has 1 aliphatic rings. The lowest BCUT2D eigenvalue weighted by molar-refractivity contribution is 0.341. The topological polar surface area (TPSA) is 88.3 Å². The Hall–Kier alpha value is -1.91. The van der Waals surface area contributed by atoms with Gasteiger partial charge in [0.15, 0.2) is 5.82 Å². The lowest BCUT2D eigenvalue weighted by Crippen LogP contribution is -2.43. The zero-order valence-corrected chi connectivity index (χ0v) is 13.5. The molecule has 3 rings (SSSR count). The fourth-order valence-corrected chi connectivity index (χ4v) is 3.71. The number of hydrogen-bond acceptors (Lipinski definition) is 5. The minimum absolute atomic E-state index is 0.00626. The fraction of sp³-hybridized carbons (Fsp3) is 0.429. The Morgan fingerprint density at radius 1 is 1.17 bits per heavy atom. The molecule has 1 saturated heterocycles. The van der Waals surface area contributed by atoms with Gasteiger partial charge in [-0.1, -0.05) is 17.6 Å². The van der Waals surface area contributed by atoms with E-state index in [0.29, 0.717) is 13.1 Å². The van der Waals surface area contributed by atoms with Gasteiger partial charge in [0, 0.05) is 13.1 Å². The van der Waals surface area contributed by atoms with Gasteiger partial charge in [-0.05, 0) is 25.0 Å². The highest BCUT2D eigenvalue weighted by atomic mass is 32.2. The minimum Gasteiger partial charge on any atom is -0.334 e. The van der Waals surface area contributed by atoms with Crippen LogP contribution in [0.5, 0.6) is 0 Å². The summed E-state index contributed by atoms with van der Waals surface area (Å²) in [5, 5.41) is 3.56. The van der Waals surface area contributed by atoms with Gasteiger partial charge >= 0.3 is 0 Å². The van der Waals surface area contributed by atoms with Gasteiger partial charge in [-0.25, -0.2) is 8.78 Å². The van der Waals surface area contributed by atoms with Crippen molar-refractivity contribution in [1.82, 2.24) is 19.2 Å². The van der Waals surface area contributed by atoms with Crippen LogP contribution in [-0.4, -0.2) is 36.0 Å². The molecule has 1 fully saturated rings. The van der Waals surface area contributed by atoms with Crippen LogP contribution in [-0.2, 0) is 16.8 Å². The summed E-state index contributed by atoms with van der Waals surface area (Å²) in [4.78, 5) is 3.85. The van der Waals surface area contributed by atoms with Crippen LogP contribution >= 0.6 is 0 Å². The Morgan fingerprint density at radius 2 is 1.83 bits per heavy atom. The molecule has 0 aliphatic carbocycles. The summed E-state index contributed by atoms with van der Waals surface area (Å²) >= 11 is 0. The smallest absolute Gasteiger partial charge is 0.279 e. The number of halogens is 2. The van der Waals surface area contributed by atoms with Gasteiger partial charge in [0.1, 0.15) is 17.2 Å². The van der Waals surface area contributed by atoms with Crippen LogP contribution < -0.4 is 4.72 Å². The Labute approximate surface area is 137 Å². The molecule has 2 aromatic rings.